The zero-order valence-electron chi connectivity index (χ0n) is 93.9. The molecule has 15 N–H and O–H groups in total. The molecule has 129 heavy (non-hydrogen) atoms. The summed E-state index contributed by atoms with van der Waals surface area (Å²) in [4.78, 5) is 4.40. The van der Waals surface area contributed by atoms with Gasteiger partial charge in [-0.3, -0.25) is 0 Å². The summed E-state index contributed by atoms with van der Waals surface area (Å²) in [5.74, 6) is 2.89. The van der Waals surface area contributed by atoms with Gasteiger partial charge in [0, 0.05) is 154 Å². The molecule has 1 aromatic carbocycles. The highest BCUT2D eigenvalue weighted by molar-refractivity contribution is 7.14. The normalized spacial score (nSPS) is 14.0. The van der Waals surface area contributed by atoms with Crippen LogP contribution in [0, 0.1) is 41.5 Å². The molecule has 9 heterocycles. The van der Waals surface area contributed by atoms with Gasteiger partial charge in [-0.1, -0.05) is 245 Å². The zero-order chi connectivity index (χ0) is 102. The molecule has 0 unspecified atom stereocenters. The van der Waals surface area contributed by atoms with Crippen LogP contribution in [-0.2, 0) is 0 Å². The van der Waals surface area contributed by atoms with E-state index in [4.69, 9.17) is 8.83 Å². The van der Waals surface area contributed by atoms with Crippen molar-refractivity contribution in [1.82, 2.24) is 47.5 Å². The summed E-state index contributed by atoms with van der Waals surface area (Å²) in [6, 6.07) is 18.3. The van der Waals surface area contributed by atoms with Crippen molar-refractivity contribution in [2.45, 2.75) is 353 Å². The van der Waals surface area contributed by atoms with Gasteiger partial charge in [0.05, 0.1) is 23.2 Å². The maximum Gasteiger partial charge on any atom is 0.195 e. The van der Waals surface area contributed by atoms with Crippen molar-refractivity contribution in [2.75, 3.05) is 155 Å². The number of aryl methyl sites for hydroxylation is 6. The number of rotatable bonds is 12. The van der Waals surface area contributed by atoms with E-state index in [1.54, 1.807) is 57.5 Å². The number of thiophene rings is 2. The van der Waals surface area contributed by atoms with E-state index in [2.05, 4.69) is 210 Å². The maximum absolute atomic E-state index is 5.00. The number of H-pyrrole nitrogens is 1. The molecule has 758 valence electrons. The average Bonchev–Trinajstić information content (AvgIpc) is 1.86. The highest BCUT2D eigenvalue weighted by atomic mass is 32.1. The molecule has 12 rings (SSSR count). The maximum atomic E-state index is 5.00. The molecular formula is C110H219N15O2S2. The van der Waals surface area contributed by atoms with Crippen molar-refractivity contribution < 1.29 is 8.83 Å². The van der Waals surface area contributed by atoms with Crippen molar-refractivity contribution >= 4 is 56.4 Å². The summed E-state index contributed by atoms with van der Waals surface area (Å²) in [6.45, 7) is 86.9. The first-order chi connectivity index (χ1) is 62.6. The molecular weight excluding hydrogens is 1630 g/mol. The Morgan fingerprint density at radius 3 is 1.11 bits per heavy atom. The largest absolute Gasteiger partial charge is 0.467 e. The number of aromatic nitrogens is 1. The summed E-state index contributed by atoms with van der Waals surface area (Å²) in [6.07, 6.45) is 27.9. The number of anilines is 6. The third kappa shape index (κ3) is 79.9. The van der Waals surface area contributed by atoms with Crippen LogP contribution in [0.25, 0.3) is 0 Å². The van der Waals surface area contributed by atoms with E-state index in [1.165, 1.54) is 173 Å². The predicted molar refractivity (Wildman–Crippen MR) is 604 cm³/mol. The van der Waals surface area contributed by atoms with Crippen molar-refractivity contribution in [2.24, 2.45) is 0 Å². The molecule has 0 bridgehead atoms. The lowest BCUT2D eigenvalue weighted by atomic mass is 9.93. The first-order valence-electron chi connectivity index (χ1n) is 50.4. The van der Waals surface area contributed by atoms with Crippen molar-refractivity contribution in [3.05, 3.63) is 196 Å². The van der Waals surface area contributed by atoms with E-state index < -0.39 is 0 Å². The van der Waals surface area contributed by atoms with Gasteiger partial charge >= 0.3 is 0 Å². The number of likely N-dealkylation sites (N-methyl/N-ethyl adjacent to an activating group) is 3. The second-order valence-corrected chi connectivity index (χ2v) is 28.6. The Bertz CT molecular complexity index is 3160. The molecule has 6 aromatic rings. The fraction of sp³-hybridized carbons (Fsp3) is 0.636. The zero-order valence-corrected chi connectivity index (χ0v) is 95.6. The third-order valence-corrected chi connectivity index (χ3v) is 20.8. The van der Waals surface area contributed by atoms with E-state index in [-0.39, 0.29) is 0 Å². The van der Waals surface area contributed by atoms with Crippen LogP contribution < -0.4 is 74.4 Å². The molecule has 19 heteroatoms. The lowest BCUT2D eigenvalue weighted by Gasteiger charge is -2.17. The van der Waals surface area contributed by atoms with E-state index >= 15 is 0 Å². The van der Waals surface area contributed by atoms with Gasteiger partial charge in [-0.2, -0.15) is 0 Å². The van der Waals surface area contributed by atoms with Crippen LogP contribution in [0.2, 0.25) is 0 Å². The fourth-order valence-electron chi connectivity index (χ4n) is 11.9. The van der Waals surface area contributed by atoms with Gasteiger partial charge in [0.15, 0.2) is 5.88 Å². The number of para-hydroxylation sites is 1. The standard InChI is InChI=1S/C11H20.C10H19N.C8H11N.2C7H14N2.C7H11N.C6H12N2.C6H10N2.2C6H9NO.2C6H9NS.12C2H6/c1-3-11-9-7-5-4-6-8-10(11)2;1-3-10-6-8-11-7-4-5-9(10)2;1-7-5-3-4-6-8(7)9-2;1-6-5-9-4-3-7(6)8-2;1-6-3-4-9-5-7(6)8-2;1-6-4-3-5-7(6)8-2;1-5-3-8-4-6(5)7-2;1-5-3-4-8-6(5)7-2;1-5-6(7-2)3-4-8-5;1-5-3-4-8-6(5)7-2;1-5-6(7-2)3-4-8-5;1-5-3-4-8-6(5)7-2;12*1-2/h3-9H2,1-2H3;11H,3-8H2,1-2H3;3-6,9H,1-2H3;2*8-9H,3-5H2,1-2H3;3,5,8H,4H2,1-2H3;7-8H,3-4H2,1-2H3;3-4,7-8H,1-2H3;4*3-4,7H,1-2H3;12*1-2H3/b11-10-;10-9-;;;;;;;;;;;;;;;;;;;;;;. The van der Waals surface area contributed by atoms with E-state index in [0.29, 0.717) is 0 Å². The summed E-state index contributed by atoms with van der Waals surface area (Å²) < 4.78 is 10.00. The van der Waals surface area contributed by atoms with Crippen LogP contribution in [0.15, 0.2) is 172 Å². The lowest BCUT2D eigenvalue weighted by molar-refractivity contribution is 0.535. The molecule has 0 spiro atoms. The van der Waals surface area contributed by atoms with E-state index in [0.717, 1.165) is 80.8 Å². The Balaban J connectivity index is -0.000000113. The first kappa shape index (κ1) is 147. The van der Waals surface area contributed by atoms with Gasteiger partial charge in [-0.25, -0.2) is 0 Å². The minimum atomic E-state index is 0.852. The van der Waals surface area contributed by atoms with Gasteiger partial charge in [0.25, 0.3) is 0 Å². The van der Waals surface area contributed by atoms with Crippen LogP contribution in [0.1, 0.15) is 344 Å². The van der Waals surface area contributed by atoms with Crippen molar-refractivity contribution in [3.63, 3.8) is 0 Å². The van der Waals surface area contributed by atoms with E-state index in [1.807, 2.05) is 287 Å². The van der Waals surface area contributed by atoms with Crippen LogP contribution in [0.5, 0.6) is 0 Å². The van der Waals surface area contributed by atoms with Gasteiger partial charge in [-0.15, -0.1) is 22.7 Å². The van der Waals surface area contributed by atoms with Gasteiger partial charge in [0.1, 0.15) is 11.6 Å². The first-order valence-corrected chi connectivity index (χ1v) is 52.1. The lowest BCUT2D eigenvalue weighted by Crippen LogP contribution is -2.29. The number of aromatic amines is 1. The van der Waals surface area contributed by atoms with Crippen LogP contribution in [0.4, 0.5) is 33.8 Å². The Hall–Kier alpha value is -7.52. The Morgan fingerprint density at radius 2 is 0.798 bits per heavy atom. The number of hydrogen-bond donors (Lipinski definition) is 15. The third-order valence-electron chi connectivity index (χ3n) is 18.9. The monoisotopic (exact) mass is 1850 g/mol. The second kappa shape index (κ2) is 117. The fourth-order valence-corrected chi connectivity index (χ4v) is 13.3. The molecule has 6 aliphatic rings. The molecule has 0 saturated carbocycles. The number of allylic oxidation sites excluding steroid dienone is 6. The molecule has 17 nitrogen and oxygen atoms in total. The van der Waals surface area contributed by atoms with Crippen molar-refractivity contribution in [3.8, 4) is 0 Å². The summed E-state index contributed by atoms with van der Waals surface area (Å²) >= 11 is 3.50. The summed E-state index contributed by atoms with van der Waals surface area (Å²) in [5, 5.41) is 49.5. The minimum absolute atomic E-state index is 0.852. The molecule has 4 aliphatic heterocycles. The highest BCUT2D eigenvalue weighted by Crippen LogP contribution is 2.26. The van der Waals surface area contributed by atoms with E-state index in [9.17, 15) is 0 Å². The quantitative estimate of drug-likeness (QED) is 0.0514. The Morgan fingerprint density at radius 1 is 0.326 bits per heavy atom. The number of furan rings is 2. The molecule has 0 saturated heterocycles. The minimum Gasteiger partial charge on any atom is -0.467 e. The molecule has 5 aromatic heterocycles. The molecule has 0 amide bonds. The number of nitrogens with one attached hydrogen (secondary N) is 15. The molecule has 0 fully saturated rings. The Labute approximate surface area is 811 Å². The van der Waals surface area contributed by atoms with Gasteiger partial charge < -0.3 is 88.3 Å². The molecule has 2 aliphatic carbocycles. The summed E-state index contributed by atoms with van der Waals surface area (Å²) in [5.41, 5.74) is 26.5. The van der Waals surface area contributed by atoms with Crippen LogP contribution in [-0.4, -0.2) is 128 Å². The average molecular weight is 1850 g/mol. The number of benzene rings is 1. The molecule has 0 atom stereocenters. The van der Waals surface area contributed by atoms with Crippen LogP contribution in [0.3, 0.4) is 0 Å². The number of hydrogen-bond acceptors (Lipinski definition) is 18. The smallest absolute Gasteiger partial charge is 0.195 e. The second-order valence-electron chi connectivity index (χ2n) is 26.5. The SMILES string of the molecule is CC.CC.CC.CC.CC.CC.CC.CC.CC.CC.CC.CC.CC/C1=C(\C)CCCCCC1.CC/C1=C(\C)CCCNCC1.CNC1=C(C)CC=C1.CNC1=C(C)CCNC1.CNC1=C(C)CNC1.CNC1=C(C)CNCC1.CNc1[nH]ccc1C.CNc1ccccc1C.CNc1ccoc1C.CNc1ccsc1C.CNc1occc1C.CNc1sccc1C. The van der Waals surface area contributed by atoms with Crippen molar-refractivity contribution in [1.29, 1.82) is 0 Å². The van der Waals surface area contributed by atoms with Gasteiger partial charge in [-0.05, 0) is 266 Å². The van der Waals surface area contributed by atoms with Crippen LogP contribution >= 0.6 is 22.7 Å². The summed E-state index contributed by atoms with van der Waals surface area (Å²) in [7, 11) is 19.3. The highest BCUT2D eigenvalue weighted by Gasteiger charge is 2.10. The topological polar surface area (TPSA) is 210 Å². The predicted octanol–water partition coefficient (Wildman–Crippen LogP) is 32.2. The van der Waals surface area contributed by atoms with Gasteiger partial charge in [0.2, 0.25) is 0 Å². The Kier molecular flexibility index (Phi) is 133. The molecule has 0 radical (unpaired) electrons.